The molecule has 0 saturated carbocycles. The Labute approximate surface area is 133 Å². The second-order valence-corrected chi connectivity index (χ2v) is 6.20. The Morgan fingerprint density at radius 2 is 2.04 bits per heavy atom. The Kier molecular flexibility index (Phi) is 3.94. The van der Waals surface area contributed by atoms with Crippen molar-refractivity contribution in [2.24, 2.45) is 0 Å². The highest BCUT2D eigenvalue weighted by Crippen LogP contribution is 2.50. The van der Waals surface area contributed by atoms with Gasteiger partial charge in [-0.3, -0.25) is 0 Å². The van der Waals surface area contributed by atoms with E-state index in [1.165, 1.54) is 18.2 Å². The lowest BCUT2D eigenvalue weighted by molar-refractivity contribution is 0.111. The van der Waals surface area contributed by atoms with Gasteiger partial charge in [0.15, 0.2) is 0 Å². The van der Waals surface area contributed by atoms with Gasteiger partial charge >= 0.3 is 5.25 Å². The van der Waals surface area contributed by atoms with E-state index in [0.29, 0.717) is 16.7 Å². The number of nitriles is 1. The molecule has 0 bridgehead atoms. The van der Waals surface area contributed by atoms with E-state index >= 15 is 0 Å². The number of alkyl halides is 3. The number of hydrogen-bond donors (Lipinski definition) is 0. The first kappa shape index (κ1) is 15.7. The van der Waals surface area contributed by atoms with Gasteiger partial charge < -0.3 is 4.74 Å². The highest BCUT2D eigenvalue weighted by molar-refractivity contribution is 8.00. The molecule has 2 aromatic rings. The smallest absolute Gasteiger partial charge is 0.302 e. The van der Waals surface area contributed by atoms with Crippen LogP contribution in [0.4, 0.5) is 17.6 Å². The van der Waals surface area contributed by atoms with Crippen molar-refractivity contribution in [2.75, 3.05) is 0 Å². The summed E-state index contributed by atoms with van der Waals surface area (Å²) >= 11 is 0.388. The quantitative estimate of drug-likeness (QED) is 0.721. The fourth-order valence-corrected chi connectivity index (χ4v) is 3.39. The molecule has 23 heavy (non-hydrogen) atoms. The molecule has 0 atom stereocenters. The fraction of sp³-hybridized carbons (Fsp3) is 0.188. The summed E-state index contributed by atoms with van der Waals surface area (Å²) in [6.45, 7) is -0.977. The zero-order valence-electron chi connectivity index (χ0n) is 11.6. The summed E-state index contributed by atoms with van der Waals surface area (Å²) in [4.78, 5) is 0.312. The lowest BCUT2D eigenvalue weighted by Crippen LogP contribution is -2.08. The van der Waals surface area contributed by atoms with Crippen LogP contribution in [0.15, 0.2) is 35.2 Å². The first-order valence-corrected chi connectivity index (χ1v) is 7.39. The Balaban J connectivity index is 1.99. The lowest BCUT2D eigenvalue weighted by atomic mass is 10.0. The largest absolute Gasteiger partial charge is 0.457 e. The van der Waals surface area contributed by atoms with Crippen LogP contribution < -0.4 is 4.74 Å². The minimum absolute atomic E-state index is 0.00797. The van der Waals surface area contributed by atoms with Crippen molar-refractivity contribution in [1.29, 1.82) is 5.26 Å². The monoisotopic (exact) mass is 339 g/mol. The number of ether oxygens (including phenoxy) is 1. The van der Waals surface area contributed by atoms with E-state index in [2.05, 4.69) is 0 Å². The molecular weight excluding hydrogens is 330 g/mol. The van der Waals surface area contributed by atoms with Crippen molar-refractivity contribution in [1.82, 2.24) is 0 Å². The first-order chi connectivity index (χ1) is 10.9. The van der Waals surface area contributed by atoms with Crippen molar-refractivity contribution in [2.45, 2.75) is 23.2 Å². The van der Waals surface area contributed by atoms with Gasteiger partial charge in [-0.1, -0.05) is 11.8 Å². The fourth-order valence-electron chi connectivity index (χ4n) is 2.40. The molecule has 0 amide bonds. The minimum Gasteiger partial charge on any atom is -0.457 e. The summed E-state index contributed by atoms with van der Waals surface area (Å²) < 4.78 is 59.2. The van der Waals surface area contributed by atoms with Gasteiger partial charge in [0, 0.05) is 22.9 Å². The molecular formula is C16H9F4NOS. The normalized spacial score (nSPS) is 15.1. The molecule has 118 valence electrons. The van der Waals surface area contributed by atoms with Gasteiger partial charge in [0.1, 0.15) is 24.0 Å². The number of rotatable bonds is 3. The third kappa shape index (κ3) is 3.13. The van der Waals surface area contributed by atoms with E-state index in [1.807, 2.05) is 0 Å². The van der Waals surface area contributed by atoms with Crippen LogP contribution in [-0.4, -0.2) is 5.25 Å². The number of halogens is 4. The number of benzene rings is 2. The molecule has 0 fully saturated rings. The maximum atomic E-state index is 13.5. The highest BCUT2D eigenvalue weighted by Gasteiger charge is 2.40. The summed E-state index contributed by atoms with van der Waals surface area (Å²) in [7, 11) is 0. The average Bonchev–Trinajstić information content (AvgIpc) is 2.80. The molecule has 0 aromatic heterocycles. The average molecular weight is 339 g/mol. The molecule has 1 aliphatic rings. The van der Waals surface area contributed by atoms with Crippen molar-refractivity contribution < 1.29 is 22.3 Å². The zero-order chi connectivity index (χ0) is 16.6. The maximum Gasteiger partial charge on any atom is 0.302 e. The topological polar surface area (TPSA) is 33.0 Å². The predicted molar refractivity (Wildman–Crippen MR) is 77.0 cm³/mol. The molecule has 1 heterocycles. The molecule has 0 N–H and O–H groups in total. The number of fused-ring (bicyclic) bond motifs is 1. The van der Waals surface area contributed by atoms with Crippen LogP contribution >= 0.6 is 11.8 Å². The number of hydrogen-bond acceptors (Lipinski definition) is 3. The summed E-state index contributed by atoms with van der Waals surface area (Å²) in [5.41, 5.74) is 0.275. The van der Waals surface area contributed by atoms with Crippen LogP contribution in [0.25, 0.3) is 0 Å². The third-order valence-corrected chi connectivity index (χ3v) is 4.39. The van der Waals surface area contributed by atoms with Gasteiger partial charge in [-0.25, -0.2) is 8.78 Å². The Bertz CT molecular complexity index is 816. The molecule has 1 aliphatic heterocycles. The van der Waals surface area contributed by atoms with Crippen LogP contribution in [0.5, 0.6) is 11.5 Å². The summed E-state index contributed by atoms with van der Waals surface area (Å²) in [6, 6.07) is 7.95. The molecule has 0 radical (unpaired) electrons. The van der Waals surface area contributed by atoms with E-state index in [1.54, 1.807) is 6.07 Å². The van der Waals surface area contributed by atoms with Crippen molar-refractivity contribution >= 4 is 11.8 Å². The van der Waals surface area contributed by atoms with E-state index in [9.17, 15) is 17.6 Å². The first-order valence-electron chi connectivity index (χ1n) is 6.58. The molecule has 0 spiro atoms. The summed E-state index contributed by atoms with van der Waals surface area (Å²) in [6.07, 6.45) is -0.573. The number of thioether (sulfide) groups is 1. The van der Waals surface area contributed by atoms with Crippen LogP contribution in [-0.2, 0) is 13.1 Å². The lowest BCUT2D eigenvalue weighted by Gasteiger charge is -2.13. The van der Waals surface area contributed by atoms with E-state index in [4.69, 9.17) is 10.00 Å². The molecule has 7 heteroatoms. The van der Waals surface area contributed by atoms with Gasteiger partial charge in [0.05, 0.1) is 11.6 Å². The molecule has 2 nitrogen and oxygen atoms in total. The minimum atomic E-state index is -2.97. The van der Waals surface area contributed by atoms with Gasteiger partial charge in [-0.15, -0.1) is 0 Å². The highest BCUT2D eigenvalue weighted by atomic mass is 32.2. The van der Waals surface area contributed by atoms with Crippen molar-refractivity contribution in [3.05, 3.63) is 52.8 Å². The summed E-state index contributed by atoms with van der Waals surface area (Å²) in [5.74, 6) is -0.628. The van der Waals surface area contributed by atoms with Gasteiger partial charge in [0.25, 0.3) is 0 Å². The standard InChI is InChI=1S/C16H9F4NOS/c17-7-13-12-6-16(19,20)23-15(12)2-1-14(13)22-11-4-9(8-21)3-10(18)5-11/h1-5H,6-7H2. The third-order valence-electron chi connectivity index (χ3n) is 3.35. The van der Waals surface area contributed by atoms with Crippen LogP contribution in [0, 0.1) is 17.1 Å². The van der Waals surface area contributed by atoms with Crippen molar-refractivity contribution in [3.63, 3.8) is 0 Å². The SMILES string of the molecule is N#Cc1cc(F)cc(Oc2ccc3c(c2CF)CC(F)(F)S3)c1. The van der Waals surface area contributed by atoms with E-state index in [-0.39, 0.29) is 28.2 Å². The molecule has 3 rings (SSSR count). The second kappa shape index (κ2) is 5.78. The molecule has 0 unspecified atom stereocenters. The maximum absolute atomic E-state index is 13.5. The molecule has 2 aromatic carbocycles. The van der Waals surface area contributed by atoms with E-state index < -0.39 is 24.2 Å². The Morgan fingerprint density at radius 3 is 2.74 bits per heavy atom. The van der Waals surface area contributed by atoms with Crippen molar-refractivity contribution in [3.8, 4) is 17.6 Å². The predicted octanol–water partition coefficient (Wildman–Crippen LogP) is 5.20. The van der Waals surface area contributed by atoms with Crippen LogP contribution in [0.3, 0.4) is 0 Å². The Hall–Kier alpha value is -2.20. The molecule has 0 saturated heterocycles. The van der Waals surface area contributed by atoms with E-state index in [0.717, 1.165) is 12.1 Å². The van der Waals surface area contributed by atoms with Gasteiger partial charge in [-0.2, -0.15) is 14.0 Å². The van der Waals surface area contributed by atoms with Crippen LogP contribution in [0.1, 0.15) is 16.7 Å². The zero-order valence-corrected chi connectivity index (χ0v) is 12.4. The van der Waals surface area contributed by atoms with Gasteiger partial charge in [0.2, 0.25) is 0 Å². The second-order valence-electron chi connectivity index (χ2n) is 4.96. The number of nitrogens with zero attached hydrogens (tertiary/aromatic N) is 1. The Morgan fingerprint density at radius 1 is 1.26 bits per heavy atom. The van der Waals surface area contributed by atoms with Crippen LogP contribution in [0.2, 0.25) is 0 Å². The molecule has 0 aliphatic carbocycles. The van der Waals surface area contributed by atoms with Gasteiger partial charge in [-0.05, 0) is 29.8 Å². The summed E-state index contributed by atoms with van der Waals surface area (Å²) in [5, 5.41) is 5.84.